The molecule has 0 aliphatic carbocycles. The van der Waals surface area contributed by atoms with Crippen molar-refractivity contribution in [2.45, 2.75) is 93.0 Å². The summed E-state index contributed by atoms with van der Waals surface area (Å²) in [5, 5.41) is 3.16. The number of nitrogens with zero attached hydrogens (tertiary/aromatic N) is 1. The van der Waals surface area contributed by atoms with Crippen LogP contribution in [0, 0.1) is 0 Å². The molecule has 39 heavy (non-hydrogen) atoms. The molecule has 1 aliphatic rings. The summed E-state index contributed by atoms with van der Waals surface area (Å²) in [5.74, 6) is 1.14. The van der Waals surface area contributed by atoms with Crippen LogP contribution in [0.25, 0.3) is 0 Å². The number of nitrogens with one attached hydrogen (secondary N) is 1. The average molecular weight is 537 g/mol. The summed E-state index contributed by atoms with van der Waals surface area (Å²) in [6.45, 7) is 18.6. The minimum atomic E-state index is -0.115. The Morgan fingerprint density at radius 2 is 1.54 bits per heavy atom. The Labute approximate surface area is 238 Å². The summed E-state index contributed by atoms with van der Waals surface area (Å²) in [5.41, 5.74) is 5.79. The molecule has 1 unspecified atom stereocenters. The topological polar surface area (TPSA) is 50.8 Å². The molecule has 1 aromatic carbocycles. The highest BCUT2D eigenvalue weighted by Gasteiger charge is 2.24. The van der Waals surface area contributed by atoms with Gasteiger partial charge in [0.2, 0.25) is 0 Å². The van der Waals surface area contributed by atoms with E-state index in [0.29, 0.717) is 42.9 Å². The molecular formula is C34H52N2O3. The van der Waals surface area contributed by atoms with Gasteiger partial charge in [-0.3, -0.25) is 9.69 Å². The SMILES string of the molecule is CCN1CCCC1CNC(=O)c1cc(OCC=C(C)CCC=C(C)C)ccc1OCC=C(C)CCC=C(C)C. The van der Waals surface area contributed by atoms with E-state index in [2.05, 4.69) is 83.0 Å². The molecule has 0 saturated carbocycles. The van der Waals surface area contributed by atoms with Crippen LogP contribution in [-0.2, 0) is 0 Å². The second kappa shape index (κ2) is 17.7. The van der Waals surface area contributed by atoms with Crippen molar-refractivity contribution >= 4 is 5.91 Å². The van der Waals surface area contributed by atoms with E-state index in [1.807, 2.05) is 18.2 Å². The van der Waals surface area contributed by atoms with Crippen molar-refractivity contribution in [3.8, 4) is 11.5 Å². The predicted octanol–water partition coefficient (Wildman–Crippen LogP) is 8.04. The smallest absolute Gasteiger partial charge is 0.255 e. The van der Waals surface area contributed by atoms with Crippen LogP contribution in [0.3, 0.4) is 0 Å². The summed E-state index contributed by atoms with van der Waals surface area (Å²) in [4.78, 5) is 15.8. The fourth-order valence-corrected chi connectivity index (χ4v) is 4.69. The quantitative estimate of drug-likeness (QED) is 0.217. The number of amides is 1. The summed E-state index contributed by atoms with van der Waals surface area (Å²) in [6.07, 6.45) is 15.1. The van der Waals surface area contributed by atoms with E-state index in [1.54, 1.807) is 0 Å². The van der Waals surface area contributed by atoms with E-state index in [-0.39, 0.29) is 5.91 Å². The van der Waals surface area contributed by atoms with Crippen LogP contribution in [0.15, 0.2) is 64.8 Å². The maximum atomic E-state index is 13.3. The molecule has 2 rings (SSSR count). The standard InChI is InChI=1S/C34H52N2O3/c1-8-36-21-11-16-30(36)25-35-34(37)32-24-31(38-22-19-28(6)14-9-12-26(2)3)17-18-33(32)39-23-20-29(7)15-10-13-27(4)5/h12-13,17-20,24,30H,8-11,14-16,21-23,25H2,1-7H3,(H,35,37). The Balaban J connectivity index is 2.07. The first-order valence-electron chi connectivity index (χ1n) is 14.7. The molecule has 1 heterocycles. The number of ether oxygens (including phenoxy) is 2. The molecule has 5 heteroatoms. The highest BCUT2D eigenvalue weighted by atomic mass is 16.5. The van der Waals surface area contributed by atoms with Gasteiger partial charge in [0.25, 0.3) is 5.91 Å². The van der Waals surface area contributed by atoms with Gasteiger partial charge in [-0.2, -0.15) is 0 Å². The van der Waals surface area contributed by atoms with Gasteiger partial charge in [0.15, 0.2) is 0 Å². The van der Waals surface area contributed by atoms with Crippen LogP contribution in [0.4, 0.5) is 0 Å². The third-order valence-electron chi connectivity index (χ3n) is 7.13. The van der Waals surface area contributed by atoms with Crippen molar-refractivity contribution in [3.05, 3.63) is 70.4 Å². The Kier molecular flexibility index (Phi) is 14.7. The Morgan fingerprint density at radius 1 is 0.923 bits per heavy atom. The average Bonchev–Trinajstić information content (AvgIpc) is 3.35. The van der Waals surface area contributed by atoms with Crippen molar-refractivity contribution in [1.82, 2.24) is 10.2 Å². The monoisotopic (exact) mass is 536 g/mol. The van der Waals surface area contributed by atoms with Crippen LogP contribution >= 0.6 is 0 Å². The first kappa shape index (κ1) is 32.4. The molecule has 5 nitrogen and oxygen atoms in total. The second-order valence-corrected chi connectivity index (χ2v) is 11.2. The number of allylic oxidation sites excluding steroid dienone is 6. The van der Waals surface area contributed by atoms with E-state index in [0.717, 1.165) is 45.2 Å². The van der Waals surface area contributed by atoms with Crippen LogP contribution in [0.5, 0.6) is 11.5 Å². The number of likely N-dealkylation sites (tertiary alicyclic amines) is 1. The zero-order valence-corrected chi connectivity index (χ0v) is 25.6. The first-order chi connectivity index (χ1) is 18.7. The van der Waals surface area contributed by atoms with Gasteiger partial charge in [0, 0.05) is 12.6 Å². The van der Waals surface area contributed by atoms with Gasteiger partial charge in [0.05, 0.1) is 5.56 Å². The molecule has 0 radical (unpaired) electrons. The highest BCUT2D eigenvalue weighted by molar-refractivity contribution is 5.97. The number of hydrogen-bond acceptors (Lipinski definition) is 4. The van der Waals surface area contributed by atoms with Gasteiger partial charge < -0.3 is 14.8 Å². The van der Waals surface area contributed by atoms with E-state index in [1.165, 1.54) is 28.7 Å². The molecular weight excluding hydrogens is 484 g/mol. The summed E-state index contributed by atoms with van der Waals surface area (Å²) in [7, 11) is 0. The maximum absolute atomic E-state index is 13.3. The number of hydrogen-bond donors (Lipinski definition) is 1. The zero-order chi connectivity index (χ0) is 28.6. The largest absolute Gasteiger partial charge is 0.490 e. The van der Waals surface area contributed by atoms with Gasteiger partial charge in [-0.15, -0.1) is 0 Å². The molecule has 1 aromatic rings. The number of benzene rings is 1. The maximum Gasteiger partial charge on any atom is 0.255 e. The number of likely N-dealkylation sites (N-methyl/N-ethyl adjacent to an activating group) is 1. The van der Waals surface area contributed by atoms with Crippen molar-refractivity contribution in [2.24, 2.45) is 0 Å². The van der Waals surface area contributed by atoms with Crippen LogP contribution in [-0.4, -0.2) is 49.7 Å². The van der Waals surface area contributed by atoms with E-state index < -0.39 is 0 Å². The Bertz CT molecular complexity index is 1030. The molecule has 0 spiro atoms. The van der Waals surface area contributed by atoms with Crippen molar-refractivity contribution in [2.75, 3.05) is 32.8 Å². The molecule has 1 fully saturated rings. The van der Waals surface area contributed by atoms with Crippen LogP contribution < -0.4 is 14.8 Å². The molecule has 1 atom stereocenters. The third kappa shape index (κ3) is 12.7. The summed E-state index contributed by atoms with van der Waals surface area (Å²) in [6, 6.07) is 5.96. The van der Waals surface area contributed by atoms with Crippen LogP contribution in [0.2, 0.25) is 0 Å². The summed E-state index contributed by atoms with van der Waals surface area (Å²) < 4.78 is 12.1. The number of carbonyl (C=O) groups excluding carboxylic acids is 1. The molecule has 216 valence electrons. The zero-order valence-electron chi connectivity index (χ0n) is 25.6. The normalized spacial score (nSPS) is 16.1. The van der Waals surface area contributed by atoms with Gasteiger partial charge in [-0.25, -0.2) is 0 Å². The molecule has 1 amide bonds. The predicted molar refractivity (Wildman–Crippen MR) is 165 cm³/mol. The van der Waals surface area contributed by atoms with E-state index in [9.17, 15) is 4.79 Å². The fraction of sp³-hybridized carbons (Fsp3) is 0.559. The van der Waals surface area contributed by atoms with Gasteiger partial charge in [-0.1, -0.05) is 41.4 Å². The van der Waals surface area contributed by atoms with E-state index in [4.69, 9.17) is 9.47 Å². The second-order valence-electron chi connectivity index (χ2n) is 11.2. The van der Waals surface area contributed by atoms with Crippen molar-refractivity contribution in [3.63, 3.8) is 0 Å². The summed E-state index contributed by atoms with van der Waals surface area (Å²) >= 11 is 0. The lowest BCUT2D eigenvalue weighted by molar-refractivity contribution is 0.0937. The lowest BCUT2D eigenvalue weighted by Crippen LogP contribution is -2.40. The molecule has 0 bridgehead atoms. The lowest BCUT2D eigenvalue weighted by Gasteiger charge is -2.23. The van der Waals surface area contributed by atoms with Gasteiger partial charge >= 0.3 is 0 Å². The highest BCUT2D eigenvalue weighted by Crippen LogP contribution is 2.25. The van der Waals surface area contributed by atoms with E-state index >= 15 is 0 Å². The third-order valence-corrected chi connectivity index (χ3v) is 7.13. The number of carbonyl (C=O) groups is 1. The van der Waals surface area contributed by atoms with Crippen molar-refractivity contribution in [1.29, 1.82) is 0 Å². The molecule has 1 saturated heterocycles. The Hall–Kier alpha value is -2.79. The minimum absolute atomic E-state index is 0.115. The minimum Gasteiger partial charge on any atom is -0.490 e. The van der Waals surface area contributed by atoms with Crippen molar-refractivity contribution < 1.29 is 14.3 Å². The van der Waals surface area contributed by atoms with Gasteiger partial charge in [-0.05, 0) is 124 Å². The fourth-order valence-electron chi connectivity index (χ4n) is 4.69. The molecule has 1 aliphatic heterocycles. The lowest BCUT2D eigenvalue weighted by atomic mass is 10.1. The number of rotatable bonds is 16. The molecule has 0 aromatic heterocycles. The molecule has 1 N–H and O–H groups in total. The van der Waals surface area contributed by atoms with Gasteiger partial charge in [0.1, 0.15) is 24.7 Å². The first-order valence-corrected chi connectivity index (χ1v) is 14.7. The van der Waals surface area contributed by atoms with Crippen LogP contribution in [0.1, 0.15) is 97.3 Å². The Morgan fingerprint density at radius 3 is 2.13 bits per heavy atom.